The molecule has 0 saturated carbocycles. The van der Waals surface area contributed by atoms with Gasteiger partial charge in [0.1, 0.15) is 37.6 Å². The second-order valence-corrected chi connectivity index (χ2v) is 23.6. The molecule has 0 unspecified atom stereocenters. The molecule has 0 heterocycles. The first-order valence-corrected chi connectivity index (χ1v) is 32.2. The Bertz CT molecular complexity index is 1730. The molecule has 0 aromatic heterocycles. The number of rotatable bonds is 49. The van der Waals surface area contributed by atoms with E-state index in [4.69, 9.17) is 23.7 Å². The Kier molecular flexibility index (Phi) is 43.2. The summed E-state index contributed by atoms with van der Waals surface area (Å²) in [5.74, 6) is -0.753. The van der Waals surface area contributed by atoms with Crippen molar-refractivity contribution in [1.82, 2.24) is 5.32 Å². The zero-order valence-corrected chi connectivity index (χ0v) is 48.3. The van der Waals surface area contributed by atoms with Gasteiger partial charge in [0.2, 0.25) is 0 Å². The van der Waals surface area contributed by atoms with Gasteiger partial charge in [0.05, 0.1) is 19.3 Å². The lowest BCUT2D eigenvalue weighted by atomic mass is 9.93. The van der Waals surface area contributed by atoms with E-state index in [1.807, 2.05) is 0 Å². The Labute approximate surface area is 454 Å². The number of alkyl carbamates (subject to hydrolysis) is 1. The highest BCUT2D eigenvalue weighted by atomic mass is 33.1. The Hall–Kier alpha value is -3.54. The first-order chi connectivity index (χ1) is 35.8. The normalized spacial score (nSPS) is 11.8. The molecule has 0 aliphatic heterocycles. The molecule has 1 rings (SSSR count). The van der Waals surface area contributed by atoms with Crippen molar-refractivity contribution in [3.63, 3.8) is 0 Å². The minimum Gasteiger partial charge on any atom is -0.465 e. The van der Waals surface area contributed by atoms with Crippen LogP contribution in [0.5, 0.6) is 5.75 Å². The van der Waals surface area contributed by atoms with Crippen LogP contribution in [0.4, 0.5) is 4.79 Å². The Morgan fingerprint density at radius 2 is 0.959 bits per heavy atom. The number of unbranched alkanes of at least 4 members (excludes halogenated alkanes) is 22. The van der Waals surface area contributed by atoms with Crippen molar-refractivity contribution in [3.8, 4) is 5.75 Å². The van der Waals surface area contributed by atoms with Crippen LogP contribution in [0.15, 0.2) is 48.6 Å². The summed E-state index contributed by atoms with van der Waals surface area (Å²) in [6.07, 6.45) is 39.9. The first-order valence-electron chi connectivity index (χ1n) is 27.9. The number of esters is 4. The molecule has 0 saturated heterocycles. The molecule has 14 nitrogen and oxygen atoms in total. The zero-order valence-electron chi connectivity index (χ0n) is 45.8. The van der Waals surface area contributed by atoms with Gasteiger partial charge < -0.3 is 29.0 Å². The van der Waals surface area contributed by atoms with Crippen LogP contribution in [0.1, 0.15) is 206 Å². The minimum atomic E-state index is -3.57. The SMILES string of the molecule is CCCCCCCC/C=C\CCCCCCCC(=O)OCC(C)(COC(=O)CCCCCCC/C=C\CCCCCCCC)C(=O)Oc1ccc(CC(=O)OCCSSCCOC(=O)NCCOS(C)(=O)=O)cc1. The monoisotopic (exact) mass is 1100 g/mol. The molecule has 0 aliphatic carbocycles. The molecule has 0 spiro atoms. The standard InChI is InChI=1S/C57H95NO13S3/c1-5-7-9-11-13-15-17-19-21-23-25-27-29-31-33-35-52(59)68-48-57(3,49-69-53(60)36-34-32-30-28-26-24-22-20-18-16-14-12-10-8-6-2)55(62)71-51-39-37-50(38-40-51)47-54(61)66-43-45-72-73-46-44-67-56(63)58-41-42-70-74(4,64)65/h19-22,37-40H,5-18,23-36,41-49H2,1-4H3,(H,58,63)/b21-19-,22-20-. The Morgan fingerprint density at radius 1 is 0.541 bits per heavy atom. The number of benzene rings is 1. The molecule has 424 valence electrons. The largest absolute Gasteiger partial charge is 0.465 e. The van der Waals surface area contributed by atoms with Gasteiger partial charge in [-0.25, -0.2) is 4.79 Å². The van der Waals surface area contributed by atoms with Crippen LogP contribution in [-0.4, -0.2) is 95.7 Å². The van der Waals surface area contributed by atoms with Crippen molar-refractivity contribution in [1.29, 1.82) is 0 Å². The first kappa shape index (κ1) is 68.5. The third-order valence-corrected chi connectivity index (χ3v) is 14.9. The smallest absolute Gasteiger partial charge is 0.407 e. The summed E-state index contributed by atoms with van der Waals surface area (Å²) in [6, 6.07) is 6.44. The summed E-state index contributed by atoms with van der Waals surface area (Å²) >= 11 is 0. The van der Waals surface area contributed by atoms with Gasteiger partial charge >= 0.3 is 30.0 Å². The number of carbonyl (C=O) groups excluding carboxylic acids is 5. The lowest BCUT2D eigenvalue weighted by Crippen LogP contribution is -2.41. The maximum atomic E-state index is 13.7. The Balaban J connectivity index is 2.55. The lowest BCUT2D eigenvalue weighted by Gasteiger charge is -2.26. The van der Waals surface area contributed by atoms with Gasteiger partial charge in [-0.2, -0.15) is 8.42 Å². The zero-order chi connectivity index (χ0) is 54.2. The number of carbonyl (C=O) groups is 5. The number of nitrogens with one attached hydrogen (secondary N) is 1. The fourth-order valence-electron chi connectivity index (χ4n) is 7.46. The van der Waals surface area contributed by atoms with Crippen molar-refractivity contribution in [2.24, 2.45) is 5.41 Å². The summed E-state index contributed by atoms with van der Waals surface area (Å²) in [6.45, 7) is 5.56. The maximum Gasteiger partial charge on any atom is 0.407 e. The lowest BCUT2D eigenvalue weighted by molar-refractivity contribution is -0.164. The van der Waals surface area contributed by atoms with E-state index in [-0.39, 0.29) is 64.6 Å². The van der Waals surface area contributed by atoms with Crippen molar-refractivity contribution in [2.75, 3.05) is 57.3 Å². The number of allylic oxidation sites excluding steroid dienone is 4. The quantitative estimate of drug-likeness (QED) is 0.0123. The van der Waals surface area contributed by atoms with Crippen LogP contribution in [-0.2, 0) is 58.8 Å². The highest BCUT2D eigenvalue weighted by Crippen LogP contribution is 2.25. The minimum absolute atomic E-state index is 0.00122. The van der Waals surface area contributed by atoms with Gasteiger partial charge in [0.25, 0.3) is 10.1 Å². The van der Waals surface area contributed by atoms with E-state index in [1.165, 1.54) is 98.6 Å². The topological polar surface area (TPSA) is 187 Å². The summed E-state index contributed by atoms with van der Waals surface area (Å²) in [5.41, 5.74) is -0.817. The molecule has 74 heavy (non-hydrogen) atoms. The van der Waals surface area contributed by atoms with E-state index in [1.54, 1.807) is 31.2 Å². The van der Waals surface area contributed by atoms with E-state index >= 15 is 0 Å². The summed E-state index contributed by atoms with van der Waals surface area (Å²) < 4.78 is 53.8. The molecule has 0 atom stereocenters. The summed E-state index contributed by atoms with van der Waals surface area (Å²) in [5, 5.41) is 2.39. The van der Waals surface area contributed by atoms with Gasteiger partial charge in [-0.15, -0.1) is 0 Å². The number of hydrogen-bond acceptors (Lipinski definition) is 15. The average Bonchev–Trinajstić information content (AvgIpc) is 3.37. The van der Waals surface area contributed by atoms with Gasteiger partial charge in [0, 0.05) is 30.9 Å². The van der Waals surface area contributed by atoms with Crippen LogP contribution in [0, 0.1) is 5.41 Å². The van der Waals surface area contributed by atoms with Crippen molar-refractivity contribution >= 4 is 61.7 Å². The number of ether oxygens (including phenoxy) is 5. The van der Waals surface area contributed by atoms with Gasteiger partial charge in [-0.1, -0.05) is 175 Å². The van der Waals surface area contributed by atoms with Gasteiger partial charge in [-0.05, 0) is 88.8 Å². The molecule has 1 aromatic rings. The van der Waals surface area contributed by atoms with E-state index in [2.05, 4.69) is 47.7 Å². The molecule has 0 radical (unpaired) electrons. The molecule has 1 amide bonds. The van der Waals surface area contributed by atoms with Crippen LogP contribution < -0.4 is 10.1 Å². The maximum absolute atomic E-state index is 13.7. The molecular weight excluding hydrogens is 1000 g/mol. The van der Waals surface area contributed by atoms with E-state index in [9.17, 15) is 32.4 Å². The van der Waals surface area contributed by atoms with Crippen molar-refractivity contribution < 1.29 is 60.3 Å². The fraction of sp³-hybridized carbons (Fsp3) is 0.737. The fourth-order valence-corrected chi connectivity index (χ4v) is 9.50. The highest BCUT2D eigenvalue weighted by Gasteiger charge is 2.39. The Morgan fingerprint density at radius 3 is 1.41 bits per heavy atom. The van der Waals surface area contributed by atoms with Crippen molar-refractivity contribution in [3.05, 3.63) is 54.1 Å². The van der Waals surface area contributed by atoms with Crippen LogP contribution in [0.3, 0.4) is 0 Å². The van der Waals surface area contributed by atoms with Crippen LogP contribution in [0.25, 0.3) is 0 Å². The predicted octanol–water partition coefficient (Wildman–Crippen LogP) is 13.9. The van der Waals surface area contributed by atoms with E-state index in [0.717, 1.165) is 83.3 Å². The van der Waals surface area contributed by atoms with E-state index in [0.29, 0.717) is 29.9 Å². The molecular formula is C57H95NO13S3. The second kappa shape index (κ2) is 46.7. The van der Waals surface area contributed by atoms with Crippen molar-refractivity contribution in [2.45, 2.75) is 207 Å². The summed E-state index contributed by atoms with van der Waals surface area (Å²) in [7, 11) is -0.682. The average molecular weight is 1100 g/mol. The highest BCUT2D eigenvalue weighted by molar-refractivity contribution is 8.76. The van der Waals surface area contributed by atoms with Crippen LogP contribution >= 0.6 is 21.6 Å². The number of hydrogen-bond donors (Lipinski definition) is 1. The second-order valence-electron chi connectivity index (χ2n) is 19.2. The molecule has 17 heteroatoms. The summed E-state index contributed by atoms with van der Waals surface area (Å²) in [4.78, 5) is 63.7. The van der Waals surface area contributed by atoms with Gasteiger partial charge in [0.15, 0.2) is 0 Å². The number of amides is 1. The van der Waals surface area contributed by atoms with Gasteiger partial charge in [-0.3, -0.25) is 23.4 Å². The molecule has 0 aliphatic rings. The molecule has 1 aromatic carbocycles. The molecule has 1 N–H and O–H groups in total. The van der Waals surface area contributed by atoms with Crippen LogP contribution in [0.2, 0.25) is 0 Å². The molecule has 0 bridgehead atoms. The van der Waals surface area contributed by atoms with E-state index < -0.39 is 45.5 Å². The predicted molar refractivity (Wildman–Crippen MR) is 301 cm³/mol. The molecule has 0 fully saturated rings. The third-order valence-electron chi connectivity index (χ3n) is 11.9. The third kappa shape index (κ3) is 42.7.